The van der Waals surface area contributed by atoms with E-state index in [9.17, 15) is 13.2 Å². The van der Waals surface area contributed by atoms with Crippen LogP contribution >= 0.6 is 23.1 Å². The number of carbonyl (C=O) groups excluding carboxylic acids is 1. The van der Waals surface area contributed by atoms with Crippen molar-refractivity contribution in [3.8, 4) is 10.7 Å². The number of carbonyl (C=O) groups is 1. The van der Waals surface area contributed by atoms with Gasteiger partial charge in [0.2, 0.25) is 15.9 Å². The van der Waals surface area contributed by atoms with Gasteiger partial charge in [0.1, 0.15) is 0 Å². The summed E-state index contributed by atoms with van der Waals surface area (Å²) >= 11 is 2.94. The lowest BCUT2D eigenvalue weighted by atomic mass is 10.2. The lowest BCUT2D eigenvalue weighted by Crippen LogP contribution is -2.20. The second-order valence-electron chi connectivity index (χ2n) is 6.91. The number of hydrogen-bond acceptors (Lipinski definition) is 7. The van der Waals surface area contributed by atoms with E-state index in [1.54, 1.807) is 30.4 Å². The van der Waals surface area contributed by atoms with Gasteiger partial charge in [0.25, 0.3) is 0 Å². The van der Waals surface area contributed by atoms with Gasteiger partial charge >= 0.3 is 0 Å². The molecule has 0 atom stereocenters. The Morgan fingerprint density at radius 2 is 2.10 bits per heavy atom. The Balaban J connectivity index is 1.46. The maximum Gasteiger partial charge on any atom is 0.240 e. The zero-order chi connectivity index (χ0) is 21.3. The summed E-state index contributed by atoms with van der Waals surface area (Å²) in [5.74, 6) is 0.757. The van der Waals surface area contributed by atoms with Crippen LogP contribution in [0.15, 0.2) is 45.8 Å². The minimum absolute atomic E-state index is 0.143. The average molecular weight is 464 g/mol. The quantitative estimate of drug-likeness (QED) is 0.497. The van der Waals surface area contributed by atoms with Gasteiger partial charge in [-0.25, -0.2) is 13.1 Å². The number of nitrogens with one attached hydrogen (secondary N) is 2. The van der Waals surface area contributed by atoms with Crippen LogP contribution in [0.1, 0.15) is 24.4 Å². The van der Waals surface area contributed by atoms with Crippen LogP contribution in [0.4, 0.5) is 5.69 Å². The number of sulfonamides is 1. The van der Waals surface area contributed by atoms with Crippen LogP contribution in [0.2, 0.25) is 0 Å². The molecule has 158 valence electrons. The highest BCUT2D eigenvalue weighted by atomic mass is 32.2. The van der Waals surface area contributed by atoms with E-state index in [0.717, 1.165) is 28.7 Å². The molecule has 1 saturated carbocycles. The van der Waals surface area contributed by atoms with Gasteiger partial charge in [-0.15, -0.1) is 21.5 Å². The third kappa shape index (κ3) is 4.43. The number of aromatic nitrogens is 3. The molecular formula is C19H21N5O3S3. The average Bonchev–Trinajstić information content (AvgIpc) is 3.24. The van der Waals surface area contributed by atoms with Crippen LogP contribution in [0.5, 0.6) is 0 Å². The van der Waals surface area contributed by atoms with Crippen molar-refractivity contribution in [3.05, 3.63) is 41.3 Å². The molecule has 0 radical (unpaired) electrons. The Bertz CT molecular complexity index is 1170. The predicted octanol–water partition coefficient (Wildman–Crippen LogP) is 3.29. The summed E-state index contributed by atoms with van der Waals surface area (Å²) in [6.07, 6.45) is 2.17. The smallest absolute Gasteiger partial charge is 0.240 e. The largest absolute Gasteiger partial charge is 0.325 e. The lowest BCUT2D eigenvalue weighted by molar-refractivity contribution is -0.113. The van der Waals surface area contributed by atoms with Gasteiger partial charge in [0.15, 0.2) is 11.0 Å². The van der Waals surface area contributed by atoms with Crippen LogP contribution in [0.25, 0.3) is 10.7 Å². The van der Waals surface area contributed by atoms with Crippen molar-refractivity contribution < 1.29 is 13.2 Å². The fourth-order valence-electron chi connectivity index (χ4n) is 3.02. The molecule has 30 heavy (non-hydrogen) atoms. The first-order chi connectivity index (χ1) is 14.4. The fraction of sp³-hybridized carbons (Fsp3) is 0.316. The second-order valence-corrected chi connectivity index (χ2v) is 10.7. The number of thioether (sulfide) groups is 1. The number of hydrogen-bond donors (Lipinski definition) is 2. The second kappa shape index (κ2) is 8.50. The summed E-state index contributed by atoms with van der Waals surface area (Å²) in [6.45, 7) is 1.71. The molecule has 11 heteroatoms. The topological polar surface area (TPSA) is 106 Å². The highest BCUT2D eigenvalue weighted by molar-refractivity contribution is 7.99. The molecule has 1 amide bonds. The van der Waals surface area contributed by atoms with Gasteiger partial charge in [0, 0.05) is 11.7 Å². The summed E-state index contributed by atoms with van der Waals surface area (Å²) in [6, 6.07) is 9.21. The van der Waals surface area contributed by atoms with Crippen molar-refractivity contribution >= 4 is 44.7 Å². The third-order valence-electron chi connectivity index (χ3n) is 4.68. The Hall–Kier alpha value is -2.21. The van der Waals surface area contributed by atoms with E-state index in [2.05, 4.69) is 24.8 Å². The number of nitrogens with zero attached hydrogens (tertiary/aromatic N) is 3. The van der Waals surface area contributed by atoms with Crippen molar-refractivity contribution in [3.63, 3.8) is 0 Å². The van der Waals surface area contributed by atoms with Crippen LogP contribution in [0, 0.1) is 6.92 Å². The number of anilines is 1. The molecule has 1 aromatic carbocycles. The van der Waals surface area contributed by atoms with Crippen molar-refractivity contribution in [1.82, 2.24) is 19.5 Å². The Labute approximate surface area is 183 Å². The summed E-state index contributed by atoms with van der Waals surface area (Å²) in [5, 5.41) is 14.1. The summed E-state index contributed by atoms with van der Waals surface area (Å²) in [7, 11) is -2.24. The van der Waals surface area contributed by atoms with E-state index in [0.29, 0.717) is 17.3 Å². The number of benzene rings is 1. The molecule has 0 aliphatic heterocycles. The van der Waals surface area contributed by atoms with Gasteiger partial charge < -0.3 is 5.32 Å². The zero-order valence-corrected chi connectivity index (χ0v) is 18.9. The Kier molecular flexibility index (Phi) is 5.96. The van der Waals surface area contributed by atoms with Crippen molar-refractivity contribution in [1.29, 1.82) is 0 Å². The van der Waals surface area contributed by atoms with Crippen LogP contribution in [-0.2, 0) is 14.8 Å². The number of amides is 1. The molecule has 1 aliphatic rings. The molecule has 0 spiro atoms. The first-order valence-electron chi connectivity index (χ1n) is 9.34. The maximum atomic E-state index is 12.5. The van der Waals surface area contributed by atoms with Gasteiger partial charge in [-0.1, -0.05) is 23.9 Å². The maximum absolute atomic E-state index is 12.5. The van der Waals surface area contributed by atoms with Gasteiger partial charge in [-0.3, -0.25) is 9.36 Å². The van der Waals surface area contributed by atoms with Gasteiger partial charge in [-0.05, 0) is 56.0 Å². The third-order valence-corrected chi connectivity index (χ3v) is 8.05. The molecular weight excluding hydrogens is 442 g/mol. The van der Waals surface area contributed by atoms with Crippen molar-refractivity contribution in [2.75, 3.05) is 18.1 Å². The summed E-state index contributed by atoms with van der Waals surface area (Å²) in [5.41, 5.74) is 1.04. The summed E-state index contributed by atoms with van der Waals surface area (Å²) < 4.78 is 28.7. The molecule has 4 rings (SSSR count). The van der Waals surface area contributed by atoms with Crippen LogP contribution in [-0.4, -0.2) is 41.9 Å². The van der Waals surface area contributed by atoms with Gasteiger partial charge in [-0.2, -0.15) is 0 Å². The molecule has 1 fully saturated rings. The molecule has 3 aromatic rings. The van der Waals surface area contributed by atoms with E-state index < -0.39 is 10.0 Å². The minimum Gasteiger partial charge on any atom is -0.325 e. The molecule has 8 nitrogen and oxygen atoms in total. The van der Waals surface area contributed by atoms with Crippen molar-refractivity contribution in [2.45, 2.75) is 35.9 Å². The minimum atomic E-state index is -3.60. The van der Waals surface area contributed by atoms with E-state index >= 15 is 0 Å². The number of aryl methyl sites for hydroxylation is 1. The first-order valence-corrected chi connectivity index (χ1v) is 12.7. The van der Waals surface area contributed by atoms with E-state index in [4.69, 9.17) is 0 Å². The monoisotopic (exact) mass is 463 g/mol. The molecule has 0 unspecified atom stereocenters. The number of thiophene rings is 1. The first kappa shape index (κ1) is 21.0. The highest BCUT2D eigenvalue weighted by Crippen LogP contribution is 2.41. The van der Waals surface area contributed by atoms with Crippen molar-refractivity contribution in [2.24, 2.45) is 0 Å². The summed E-state index contributed by atoms with van der Waals surface area (Å²) in [4.78, 5) is 13.7. The van der Waals surface area contributed by atoms with E-state index in [1.807, 2.05) is 17.5 Å². The molecule has 1 aliphatic carbocycles. The fourth-order valence-corrected chi connectivity index (χ4v) is 5.52. The Morgan fingerprint density at radius 3 is 2.77 bits per heavy atom. The van der Waals surface area contributed by atoms with Crippen LogP contribution < -0.4 is 10.0 Å². The molecule has 0 bridgehead atoms. The van der Waals surface area contributed by atoms with Crippen LogP contribution in [0.3, 0.4) is 0 Å². The predicted molar refractivity (Wildman–Crippen MR) is 118 cm³/mol. The molecule has 0 saturated heterocycles. The van der Waals surface area contributed by atoms with Gasteiger partial charge in [0.05, 0.1) is 15.5 Å². The van der Waals surface area contributed by atoms with E-state index in [-0.39, 0.29) is 16.6 Å². The highest BCUT2D eigenvalue weighted by Gasteiger charge is 2.30. The number of rotatable bonds is 8. The molecule has 2 aromatic heterocycles. The Morgan fingerprint density at radius 1 is 1.30 bits per heavy atom. The normalized spacial score (nSPS) is 14.1. The SMILES string of the molecule is CNS(=O)(=O)c1cc(NC(=O)CSc2nnc(-c3cccs3)n2C2CC2)ccc1C. The molecule has 2 heterocycles. The molecule has 2 N–H and O–H groups in total. The zero-order valence-electron chi connectivity index (χ0n) is 16.5. The standard InChI is InChI=1S/C19H21N5O3S3/c1-12-5-6-13(10-16(12)30(26,27)20-2)21-17(25)11-29-19-23-22-18(15-4-3-9-28-15)24(19)14-7-8-14/h3-6,9-10,14,20H,7-8,11H2,1-2H3,(H,21,25). The van der Waals surface area contributed by atoms with E-state index in [1.165, 1.54) is 24.9 Å². The lowest BCUT2D eigenvalue weighted by Gasteiger charge is -2.11.